The number of carbonyl (C=O) groups excluding carboxylic acids is 1. The van der Waals surface area contributed by atoms with Gasteiger partial charge in [-0.2, -0.15) is 17.0 Å². The van der Waals surface area contributed by atoms with Crippen LogP contribution in [-0.4, -0.2) is 23.0 Å². The molecule has 0 fully saturated rings. The second kappa shape index (κ2) is 12.2. The van der Waals surface area contributed by atoms with Gasteiger partial charge in [-0.25, -0.2) is 0 Å². The number of benzene rings is 1. The molecule has 0 aliphatic carbocycles. The summed E-state index contributed by atoms with van der Waals surface area (Å²) in [4.78, 5) is 12.2. The number of carbonyl (C=O) groups is 1. The second-order valence-electron chi connectivity index (χ2n) is 6.62. The van der Waals surface area contributed by atoms with Crippen molar-refractivity contribution in [3.8, 4) is 6.07 Å². The molecule has 138 valence electrons. The van der Waals surface area contributed by atoms with Gasteiger partial charge in [0.1, 0.15) is 5.54 Å². The van der Waals surface area contributed by atoms with Crippen LogP contribution in [0, 0.1) is 11.3 Å². The first-order chi connectivity index (χ1) is 12.0. The maximum atomic E-state index is 12.2. The van der Waals surface area contributed by atoms with E-state index in [0.717, 1.165) is 11.3 Å². The van der Waals surface area contributed by atoms with Crippen LogP contribution in [0.4, 0.5) is 0 Å². The largest absolute Gasteiger partial charge is 0.337 e. The van der Waals surface area contributed by atoms with Crippen molar-refractivity contribution in [2.45, 2.75) is 64.3 Å². The van der Waals surface area contributed by atoms with Crippen molar-refractivity contribution in [3.63, 3.8) is 0 Å². The Labute approximate surface area is 161 Å². The predicted molar refractivity (Wildman–Crippen MR) is 108 cm³/mol. The Bertz CT molecular complexity index is 556. The van der Waals surface area contributed by atoms with Crippen molar-refractivity contribution in [2.24, 2.45) is 0 Å². The van der Waals surface area contributed by atoms with Gasteiger partial charge >= 0.3 is 0 Å². The van der Waals surface area contributed by atoms with Gasteiger partial charge in [-0.3, -0.25) is 4.79 Å². The zero-order chi connectivity index (χ0) is 18.5. The Morgan fingerprint density at radius 3 is 2.48 bits per heavy atom. The molecule has 1 unspecified atom stereocenters. The molecule has 0 heterocycles. The molecule has 5 heteroatoms. The van der Waals surface area contributed by atoms with Crippen molar-refractivity contribution in [1.82, 2.24) is 5.32 Å². The van der Waals surface area contributed by atoms with Crippen LogP contribution in [0.15, 0.2) is 24.3 Å². The summed E-state index contributed by atoms with van der Waals surface area (Å²) in [5.74, 6) is 1.52. The first-order valence-corrected chi connectivity index (χ1v) is 10.6. The molecule has 0 radical (unpaired) electrons. The average Bonchev–Trinajstić information content (AvgIpc) is 2.59. The molecule has 1 atom stereocenters. The molecule has 0 aliphatic heterocycles. The summed E-state index contributed by atoms with van der Waals surface area (Å²) in [5.41, 5.74) is 0.0676. The maximum Gasteiger partial charge on any atom is 0.225 e. The topological polar surface area (TPSA) is 52.9 Å². The van der Waals surface area contributed by atoms with E-state index >= 15 is 0 Å². The third kappa shape index (κ3) is 9.77. The van der Waals surface area contributed by atoms with E-state index in [2.05, 4.69) is 18.3 Å². The van der Waals surface area contributed by atoms with Crippen LogP contribution in [0.1, 0.15) is 57.9 Å². The minimum Gasteiger partial charge on any atom is -0.337 e. The number of halogens is 1. The monoisotopic (exact) mass is 380 g/mol. The van der Waals surface area contributed by atoms with E-state index in [-0.39, 0.29) is 12.3 Å². The number of nitrogens with one attached hydrogen (secondary N) is 1. The highest BCUT2D eigenvalue weighted by Gasteiger charge is 2.25. The lowest BCUT2D eigenvalue weighted by Gasteiger charge is -2.23. The standard InChI is InChI=1S/C20H29ClN2OS/c1-3-4-5-6-7-8-13-25-16-20(2,15-22)23-19(24)14-17-9-11-18(21)12-10-17/h9-12H,3-8,13-14,16H2,1-2H3,(H,23,24). The number of thioether (sulfide) groups is 1. The zero-order valence-electron chi connectivity index (χ0n) is 15.3. The van der Waals surface area contributed by atoms with Gasteiger partial charge in [0.15, 0.2) is 0 Å². The van der Waals surface area contributed by atoms with E-state index in [1.54, 1.807) is 30.8 Å². The van der Waals surface area contributed by atoms with Crippen LogP contribution in [0.3, 0.4) is 0 Å². The third-order valence-electron chi connectivity index (χ3n) is 3.97. The van der Waals surface area contributed by atoms with E-state index in [9.17, 15) is 10.1 Å². The van der Waals surface area contributed by atoms with E-state index in [4.69, 9.17) is 11.6 Å². The Balaban J connectivity index is 2.29. The van der Waals surface area contributed by atoms with E-state index < -0.39 is 5.54 Å². The first kappa shape index (κ1) is 21.9. The SMILES string of the molecule is CCCCCCCCSCC(C)(C#N)NC(=O)Cc1ccc(Cl)cc1. The fourth-order valence-electron chi connectivity index (χ4n) is 2.50. The van der Waals surface area contributed by atoms with Crippen molar-refractivity contribution in [3.05, 3.63) is 34.9 Å². The molecular formula is C20H29ClN2OS. The lowest BCUT2D eigenvalue weighted by molar-refractivity contribution is -0.121. The van der Waals surface area contributed by atoms with Gasteiger partial charge in [0.05, 0.1) is 12.5 Å². The summed E-state index contributed by atoms with van der Waals surface area (Å²) >= 11 is 7.59. The van der Waals surface area contributed by atoms with Gasteiger partial charge in [-0.05, 0) is 36.8 Å². The highest BCUT2D eigenvalue weighted by Crippen LogP contribution is 2.16. The number of rotatable bonds is 12. The highest BCUT2D eigenvalue weighted by atomic mass is 35.5. The lowest BCUT2D eigenvalue weighted by atomic mass is 10.1. The van der Waals surface area contributed by atoms with Crippen LogP contribution in [0.2, 0.25) is 5.02 Å². The summed E-state index contributed by atoms with van der Waals surface area (Å²) in [6.45, 7) is 4.01. The molecule has 0 spiro atoms. The Morgan fingerprint density at radius 2 is 1.84 bits per heavy atom. The minimum atomic E-state index is -0.823. The fraction of sp³-hybridized carbons (Fsp3) is 0.600. The highest BCUT2D eigenvalue weighted by molar-refractivity contribution is 7.99. The molecule has 0 aliphatic rings. The van der Waals surface area contributed by atoms with E-state index in [1.807, 2.05) is 12.1 Å². The van der Waals surface area contributed by atoms with E-state index in [0.29, 0.717) is 10.8 Å². The number of amides is 1. The number of hydrogen-bond acceptors (Lipinski definition) is 3. The molecule has 0 aromatic heterocycles. The van der Waals surface area contributed by atoms with E-state index in [1.165, 1.54) is 38.5 Å². The molecular weight excluding hydrogens is 352 g/mol. The average molecular weight is 381 g/mol. The molecule has 1 aromatic carbocycles. The Hall–Kier alpha value is -1.18. The minimum absolute atomic E-state index is 0.133. The van der Waals surface area contributed by atoms with Crippen LogP contribution >= 0.6 is 23.4 Å². The van der Waals surface area contributed by atoms with Gasteiger partial charge in [-0.15, -0.1) is 0 Å². The molecule has 1 aromatic rings. The molecule has 0 saturated heterocycles. The second-order valence-corrected chi connectivity index (χ2v) is 8.16. The Kier molecular flexibility index (Phi) is 10.7. The summed E-state index contributed by atoms with van der Waals surface area (Å²) < 4.78 is 0. The number of hydrogen-bond donors (Lipinski definition) is 1. The maximum absolute atomic E-state index is 12.2. The van der Waals surface area contributed by atoms with Gasteiger partial charge in [0, 0.05) is 10.8 Å². The van der Waals surface area contributed by atoms with Crippen LogP contribution in [0.25, 0.3) is 0 Å². The quantitative estimate of drug-likeness (QED) is 0.495. The Morgan fingerprint density at radius 1 is 1.20 bits per heavy atom. The van der Waals surface area contributed by atoms with Crippen molar-refractivity contribution < 1.29 is 4.79 Å². The zero-order valence-corrected chi connectivity index (χ0v) is 16.9. The normalized spacial score (nSPS) is 13.0. The molecule has 0 bridgehead atoms. The van der Waals surface area contributed by atoms with Gasteiger partial charge in [0.2, 0.25) is 5.91 Å². The van der Waals surface area contributed by atoms with Crippen LogP contribution < -0.4 is 5.32 Å². The molecule has 0 saturated carbocycles. The first-order valence-electron chi connectivity index (χ1n) is 9.03. The van der Waals surface area contributed by atoms with Crippen molar-refractivity contribution in [1.29, 1.82) is 5.26 Å². The molecule has 1 N–H and O–H groups in total. The predicted octanol–water partition coefficient (Wildman–Crippen LogP) is 5.37. The molecule has 25 heavy (non-hydrogen) atoms. The number of unbranched alkanes of at least 4 members (excludes halogenated alkanes) is 5. The van der Waals surface area contributed by atoms with Gasteiger partial charge in [-0.1, -0.05) is 62.8 Å². The fourth-order valence-corrected chi connectivity index (χ4v) is 3.72. The van der Waals surface area contributed by atoms with Crippen molar-refractivity contribution >= 4 is 29.3 Å². The summed E-state index contributed by atoms with van der Waals surface area (Å²) in [6.07, 6.45) is 7.88. The van der Waals surface area contributed by atoms with Crippen LogP contribution in [0.5, 0.6) is 0 Å². The lowest BCUT2D eigenvalue weighted by Crippen LogP contribution is -2.47. The molecule has 1 amide bonds. The third-order valence-corrected chi connectivity index (χ3v) is 5.58. The number of nitrogens with zero attached hydrogens (tertiary/aromatic N) is 1. The summed E-state index contributed by atoms with van der Waals surface area (Å²) in [7, 11) is 0. The summed E-state index contributed by atoms with van der Waals surface area (Å²) in [5, 5.41) is 13.0. The molecule has 1 rings (SSSR count). The molecule has 3 nitrogen and oxygen atoms in total. The van der Waals surface area contributed by atoms with Crippen molar-refractivity contribution in [2.75, 3.05) is 11.5 Å². The van der Waals surface area contributed by atoms with Gasteiger partial charge in [0.25, 0.3) is 0 Å². The smallest absolute Gasteiger partial charge is 0.225 e. The van der Waals surface area contributed by atoms with Gasteiger partial charge < -0.3 is 5.32 Å². The van der Waals surface area contributed by atoms with Crippen LogP contribution in [-0.2, 0) is 11.2 Å². The summed E-state index contributed by atoms with van der Waals surface area (Å²) in [6, 6.07) is 9.45. The number of nitriles is 1.